The van der Waals surface area contributed by atoms with Gasteiger partial charge in [-0.1, -0.05) is 18.2 Å². The first-order valence-corrected chi connectivity index (χ1v) is 10.7. The molecule has 3 aromatic heterocycles. The number of carbonyl (C=O) groups is 1. The first-order valence-electron chi connectivity index (χ1n) is 10.7. The number of rotatable bonds is 7. The van der Waals surface area contributed by atoms with Gasteiger partial charge in [-0.25, -0.2) is 15.0 Å². The molecule has 1 aliphatic rings. The number of benzene rings is 1. The van der Waals surface area contributed by atoms with Gasteiger partial charge in [-0.2, -0.15) is 0 Å². The molecule has 8 nitrogen and oxygen atoms in total. The van der Waals surface area contributed by atoms with E-state index < -0.39 is 0 Å². The van der Waals surface area contributed by atoms with Crippen LogP contribution >= 0.6 is 0 Å². The van der Waals surface area contributed by atoms with Crippen molar-refractivity contribution in [3.05, 3.63) is 72.7 Å². The van der Waals surface area contributed by atoms with Crippen LogP contribution in [0, 0.1) is 0 Å². The molecule has 4 aromatic rings. The Morgan fingerprint density at radius 3 is 2.97 bits per heavy atom. The van der Waals surface area contributed by atoms with E-state index in [9.17, 15) is 4.79 Å². The summed E-state index contributed by atoms with van der Waals surface area (Å²) in [4.78, 5) is 31.6. The molecule has 0 spiro atoms. The van der Waals surface area contributed by atoms with Crippen molar-refractivity contribution in [1.82, 2.24) is 34.7 Å². The van der Waals surface area contributed by atoms with Gasteiger partial charge in [-0.05, 0) is 43.7 Å². The molecule has 1 aliphatic heterocycles. The molecule has 2 N–H and O–H groups in total. The molecule has 0 unspecified atom stereocenters. The molecule has 4 heterocycles. The lowest BCUT2D eigenvalue weighted by atomic mass is 10.1. The minimum Gasteiger partial charge on any atom is -0.355 e. The summed E-state index contributed by atoms with van der Waals surface area (Å²) < 4.78 is 1.90. The summed E-state index contributed by atoms with van der Waals surface area (Å²) >= 11 is 0. The number of hydrogen-bond donors (Lipinski definition) is 2. The number of pyridine rings is 1. The average molecular weight is 416 g/mol. The van der Waals surface area contributed by atoms with E-state index in [2.05, 4.69) is 25.2 Å². The Morgan fingerprint density at radius 1 is 1.16 bits per heavy atom. The summed E-state index contributed by atoms with van der Waals surface area (Å²) in [5, 5.41) is 3.03. The van der Waals surface area contributed by atoms with Gasteiger partial charge < -0.3 is 10.3 Å². The van der Waals surface area contributed by atoms with E-state index in [1.807, 2.05) is 53.2 Å². The lowest BCUT2D eigenvalue weighted by molar-refractivity contribution is -0.122. The van der Waals surface area contributed by atoms with Crippen molar-refractivity contribution in [1.29, 1.82) is 0 Å². The first kappa shape index (κ1) is 19.4. The van der Waals surface area contributed by atoms with Gasteiger partial charge in [0.15, 0.2) is 0 Å². The minimum atomic E-state index is 0.0359. The third kappa shape index (κ3) is 4.34. The van der Waals surface area contributed by atoms with Crippen LogP contribution in [0.4, 0.5) is 0 Å². The summed E-state index contributed by atoms with van der Waals surface area (Å²) in [5.74, 6) is 1.77. The third-order valence-corrected chi connectivity index (χ3v) is 5.70. The van der Waals surface area contributed by atoms with E-state index in [4.69, 9.17) is 4.98 Å². The second-order valence-electron chi connectivity index (χ2n) is 7.82. The van der Waals surface area contributed by atoms with Gasteiger partial charge in [0.25, 0.3) is 0 Å². The average Bonchev–Trinajstić information content (AvgIpc) is 3.54. The van der Waals surface area contributed by atoms with Crippen LogP contribution in [0.15, 0.2) is 61.2 Å². The zero-order valence-corrected chi connectivity index (χ0v) is 17.2. The van der Waals surface area contributed by atoms with Crippen LogP contribution in [0.3, 0.4) is 0 Å². The summed E-state index contributed by atoms with van der Waals surface area (Å²) in [7, 11) is 0. The van der Waals surface area contributed by atoms with E-state index in [1.165, 1.54) is 0 Å². The highest BCUT2D eigenvalue weighted by molar-refractivity contribution is 5.78. The van der Waals surface area contributed by atoms with Crippen molar-refractivity contribution in [2.45, 2.75) is 25.3 Å². The highest BCUT2D eigenvalue weighted by Gasteiger charge is 2.28. The Labute approximate surface area is 180 Å². The van der Waals surface area contributed by atoms with Crippen LogP contribution in [0.5, 0.6) is 0 Å². The molecule has 5 rings (SSSR count). The smallest absolute Gasteiger partial charge is 0.234 e. The van der Waals surface area contributed by atoms with Crippen LogP contribution in [0.1, 0.15) is 30.4 Å². The molecule has 0 aliphatic carbocycles. The van der Waals surface area contributed by atoms with Crippen LogP contribution in [-0.2, 0) is 11.2 Å². The number of carbonyl (C=O) groups excluding carboxylic acids is 1. The summed E-state index contributed by atoms with van der Waals surface area (Å²) in [6.45, 7) is 1.84. The summed E-state index contributed by atoms with van der Waals surface area (Å²) in [6, 6.07) is 14.1. The number of nitrogens with one attached hydrogen (secondary N) is 2. The first-order chi connectivity index (χ1) is 15.3. The molecule has 1 atom stereocenters. The fraction of sp³-hybridized carbons (Fsp3) is 0.304. The van der Waals surface area contributed by atoms with E-state index in [0.717, 1.165) is 47.8 Å². The van der Waals surface area contributed by atoms with Gasteiger partial charge in [0.2, 0.25) is 5.91 Å². The van der Waals surface area contributed by atoms with E-state index >= 15 is 0 Å². The van der Waals surface area contributed by atoms with Crippen LogP contribution in [0.2, 0.25) is 0 Å². The monoisotopic (exact) mass is 415 g/mol. The maximum absolute atomic E-state index is 12.6. The molecule has 1 saturated heterocycles. The lowest BCUT2D eigenvalue weighted by Crippen LogP contribution is -2.38. The number of nitrogens with zero attached hydrogens (tertiary/aromatic N) is 5. The maximum Gasteiger partial charge on any atom is 0.234 e. The van der Waals surface area contributed by atoms with Gasteiger partial charge in [0.1, 0.15) is 18.0 Å². The highest BCUT2D eigenvalue weighted by Crippen LogP contribution is 2.30. The second-order valence-corrected chi connectivity index (χ2v) is 7.82. The van der Waals surface area contributed by atoms with Gasteiger partial charge in [-0.3, -0.25) is 14.3 Å². The molecule has 8 heteroatoms. The van der Waals surface area contributed by atoms with Crippen LogP contribution < -0.4 is 5.32 Å². The summed E-state index contributed by atoms with van der Waals surface area (Å²) in [5.41, 5.74) is 2.97. The Kier molecular flexibility index (Phi) is 5.45. The fourth-order valence-electron chi connectivity index (χ4n) is 4.20. The van der Waals surface area contributed by atoms with E-state index in [0.29, 0.717) is 19.5 Å². The van der Waals surface area contributed by atoms with Crippen molar-refractivity contribution < 1.29 is 4.79 Å². The van der Waals surface area contributed by atoms with Crippen molar-refractivity contribution >= 4 is 16.9 Å². The predicted octanol–water partition coefficient (Wildman–Crippen LogP) is 2.64. The molecule has 0 saturated carbocycles. The molecule has 158 valence electrons. The Hall–Kier alpha value is -3.52. The van der Waals surface area contributed by atoms with Crippen molar-refractivity contribution in [2.24, 2.45) is 0 Å². The fourth-order valence-corrected chi connectivity index (χ4v) is 4.20. The van der Waals surface area contributed by atoms with E-state index in [-0.39, 0.29) is 11.9 Å². The molecule has 0 bridgehead atoms. The number of aromatic amines is 1. The molecule has 31 heavy (non-hydrogen) atoms. The standard InChI is InChI=1S/C23H25N7O/c31-23(25-11-10-21-26-17-5-1-2-6-18(17)27-21)15-29-13-4-8-20(29)19-7-3-9-22(28-19)30-14-12-24-16-30/h1-3,5-7,9,12,14,16,20H,4,8,10-11,13,15H2,(H,25,31)(H,26,27)/t20-/m1/s1. The SMILES string of the molecule is O=C(CN1CCC[C@@H]1c1cccc(-n2ccnc2)n1)NCCc1nc2ccccc2[nH]1. The van der Waals surface area contributed by atoms with Crippen molar-refractivity contribution in [2.75, 3.05) is 19.6 Å². The van der Waals surface area contributed by atoms with Gasteiger partial charge in [0, 0.05) is 25.4 Å². The van der Waals surface area contributed by atoms with Crippen LogP contribution in [-0.4, -0.2) is 54.9 Å². The molecule has 0 radical (unpaired) electrons. The summed E-state index contributed by atoms with van der Waals surface area (Å²) in [6.07, 6.45) is 8.12. The van der Waals surface area contributed by atoms with Gasteiger partial charge >= 0.3 is 0 Å². The number of hydrogen-bond acceptors (Lipinski definition) is 5. The number of amides is 1. The van der Waals surface area contributed by atoms with E-state index in [1.54, 1.807) is 12.5 Å². The minimum absolute atomic E-state index is 0.0359. The zero-order chi connectivity index (χ0) is 21.0. The van der Waals surface area contributed by atoms with Crippen LogP contribution in [0.25, 0.3) is 16.9 Å². The third-order valence-electron chi connectivity index (χ3n) is 5.70. The molecule has 1 fully saturated rings. The number of aromatic nitrogens is 5. The number of fused-ring (bicyclic) bond motifs is 1. The quantitative estimate of drug-likeness (QED) is 0.484. The number of para-hydroxylation sites is 2. The van der Waals surface area contributed by atoms with Gasteiger partial charge in [0.05, 0.1) is 29.3 Å². The largest absolute Gasteiger partial charge is 0.355 e. The number of likely N-dealkylation sites (tertiary alicyclic amines) is 1. The maximum atomic E-state index is 12.6. The zero-order valence-electron chi connectivity index (χ0n) is 17.2. The topological polar surface area (TPSA) is 91.7 Å². The van der Waals surface area contributed by atoms with Gasteiger partial charge in [-0.15, -0.1) is 0 Å². The number of H-pyrrole nitrogens is 1. The Morgan fingerprint density at radius 2 is 2.10 bits per heavy atom. The predicted molar refractivity (Wildman–Crippen MR) is 118 cm³/mol. The molecular formula is C23H25N7O. The van der Waals surface area contributed by atoms with Crippen molar-refractivity contribution in [3.63, 3.8) is 0 Å². The molecular weight excluding hydrogens is 390 g/mol. The lowest BCUT2D eigenvalue weighted by Gasteiger charge is -2.23. The normalized spacial score (nSPS) is 16.7. The molecule has 1 aromatic carbocycles. The Bertz CT molecular complexity index is 1130. The molecule has 1 amide bonds. The highest BCUT2D eigenvalue weighted by atomic mass is 16.2. The second kappa shape index (κ2) is 8.69. The number of imidazole rings is 2. The Balaban J connectivity index is 1.17. The van der Waals surface area contributed by atoms with Crippen molar-refractivity contribution in [3.8, 4) is 5.82 Å².